The minimum absolute atomic E-state index is 0.179. The number of hydrogen-bond donors (Lipinski definition) is 3. The average molecular weight is 454 g/mol. The van der Waals surface area contributed by atoms with Crippen molar-refractivity contribution < 1.29 is 13.5 Å². The van der Waals surface area contributed by atoms with E-state index in [0.29, 0.717) is 23.3 Å². The number of aromatic nitrogens is 3. The minimum Gasteiger partial charge on any atom is -0.392 e. The normalized spacial score (nSPS) is 13.0. The van der Waals surface area contributed by atoms with E-state index in [1.807, 2.05) is 10.6 Å². The van der Waals surface area contributed by atoms with Crippen LogP contribution in [0.15, 0.2) is 53.4 Å². The van der Waals surface area contributed by atoms with Crippen LogP contribution in [0.25, 0.3) is 21.9 Å². The SMILES string of the molecule is CCCCc1nc2c(N)nc3cc(NS(=O)(=O)c4ccccc4)ccc3c2n1CC(C)O. The topological polar surface area (TPSA) is 123 Å². The molecule has 168 valence electrons. The Balaban J connectivity index is 1.83. The number of nitrogen functional groups attached to an aromatic ring is 1. The molecule has 32 heavy (non-hydrogen) atoms. The molecular weight excluding hydrogens is 426 g/mol. The highest BCUT2D eigenvalue weighted by molar-refractivity contribution is 7.92. The molecule has 4 N–H and O–H groups in total. The van der Waals surface area contributed by atoms with E-state index < -0.39 is 16.1 Å². The summed E-state index contributed by atoms with van der Waals surface area (Å²) in [5, 5.41) is 10.9. The van der Waals surface area contributed by atoms with Crippen molar-refractivity contribution in [2.45, 2.75) is 50.7 Å². The number of aliphatic hydroxyl groups excluding tert-OH is 1. The van der Waals surface area contributed by atoms with Gasteiger partial charge in [-0.15, -0.1) is 0 Å². The molecule has 0 aliphatic heterocycles. The summed E-state index contributed by atoms with van der Waals surface area (Å²) in [6, 6.07) is 13.4. The van der Waals surface area contributed by atoms with Crippen molar-refractivity contribution in [2.75, 3.05) is 10.5 Å². The van der Waals surface area contributed by atoms with Gasteiger partial charge in [-0.25, -0.2) is 18.4 Å². The maximum absolute atomic E-state index is 12.7. The highest BCUT2D eigenvalue weighted by atomic mass is 32.2. The zero-order valence-corrected chi connectivity index (χ0v) is 18.9. The number of pyridine rings is 1. The van der Waals surface area contributed by atoms with Crippen molar-refractivity contribution in [3.05, 3.63) is 54.4 Å². The molecule has 0 spiro atoms. The molecule has 0 saturated carbocycles. The van der Waals surface area contributed by atoms with Crippen LogP contribution < -0.4 is 10.5 Å². The summed E-state index contributed by atoms with van der Waals surface area (Å²) < 4.78 is 30.0. The van der Waals surface area contributed by atoms with Crippen LogP contribution in [0.5, 0.6) is 0 Å². The van der Waals surface area contributed by atoms with Crippen LogP contribution in [0.3, 0.4) is 0 Å². The van der Waals surface area contributed by atoms with Crippen LogP contribution in [0, 0.1) is 0 Å². The number of benzene rings is 2. The standard InChI is InChI=1S/C23H27N5O3S/c1-3-4-10-20-26-21-22(28(20)14-15(2)29)18-12-11-16(13-19(18)25-23(21)24)27-32(30,31)17-8-6-5-7-9-17/h5-9,11-13,15,27,29H,3-4,10,14H2,1-2H3,(H2,24,25). The first-order valence-corrected chi connectivity index (χ1v) is 12.1. The Labute approximate surface area is 187 Å². The number of unbranched alkanes of at least 4 members (excludes halogenated alkanes) is 1. The number of rotatable bonds is 8. The van der Waals surface area contributed by atoms with Gasteiger partial charge in [0.25, 0.3) is 10.0 Å². The van der Waals surface area contributed by atoms with Crippen molar-refractivity contribution >= 4 is 43.5 Å². The number of fused-ring (bicyclic) bond motifs is 3. The molecule has 2 heterocycles. The third-order valence-corrected chi connectivity index (χ3v) is 6.69. The Bertz CT molecular complexity index is 1370. The van der Waals surface area contributed by atoms with E-state index in [1.54, 1.807) is 37.3 Å². The van der Waals surface area contributed by atoms with Crippen LogP contribution in [0.1, 0.15) is 32.5 Å². The van der Waals surface area contributed by atoms with E-state index in [-0.39, 0.29) is 10.7 Å². The van der Waals surface area contributed by atoms with Crippen molar-refractivity contribution in [3.8, 4) is 0 Å². The second-order valence-corrected chi connectivity index (χ2v) is 9.62. The molecule has 1 atom stereocenters. The lowest BCUT2D eigenvalue weighted by molar-refractivity contribution is 0.174. The number of aryl methyl sites for hydroxylation is 1. The smallest absolute Gasteiger partial charge is 0.261 e. The van der Waals surface area contributed by atoms with Gasteiger partial charge in [0.2, 0.25) is 0 Å². The molecule has 0 amide bonds. The fourth-order valence-corrected chi connectivity index (χ4v) is 4.89. The van der Waals surface area contributed by atoms with Gasteiger partial charge in [-0.2, -0.15) is 0 Å². The predicted octanol–water partition coefficient (Wildman–Crippen LogP) is 3.69. The third kappa shape index (κ3) is 4.26. The third-order valence-electron chi connectivity index (χ3n) is 5.29. The molecule has 0 fully saturated rings. The van der Waals surface area contributed by atoms with E-state index in [1.165, 1.54) is 12.1 Å². The molecule has 9 heteroatoms. The fraction of sp³-hybridized carbons (Fsp3) is 0.304. The predicted molar refractivity (Wildman–Crippen MR) is 127 cm³/mol. The molecule has 0 saturated heterocycles. The summed E-state index contributed by atoms with van der Waals surface area (Å²) in [6.45, 7) is 4.24. The number of aliphatic hydroxyl groups is 1. The lowest BCUT2D eigenvalue weighted by atomic mass is 10.1. The monoisotopic (exact) mass is 453 g/mol. The average Bonchev–Trinajstić information content (AvgIpc) is 3.11. The second-order valence-electron chi connectivity index (χ2n) is 7.94. The molecule has 0 aliphatic rings. The van der Waals surface area contributed by atoms with E-state index >= 15 is 0 Å². The van der Waals surface area contributed by atoms with Gasteiger partial charge in [0.15, 0.2) is 5.82 Å². The largest absolute Gasteiger partial charge is 0.392 e. The van der Waals surface area contributed by atoms with Gasteiger partial charge in [0.1, 0.15) is 11.3 Å². The van der Waals surface area contributed by atoms with E-state index in [4.69, 9.17) is 10.7 Å². The maximum atomic E-state index is 12.7. The van der Waals surface area contributed by atoms with Crippen LogP contribution in [-0.2, 0) is 23.0 Å². The fourth-order valence-electron chi connectivity index (χ4n) is 3.82. The number of nitrogens with one attached hydrogen (secondary N) is 1. The van der Waals surface area contributed by atoms with Gasteiger partial charge in [-0.1, -0.05) is 31.5 Å². The number of sulfonamides is 1. The molecule has 0 radical (unpaired) electrons. The molecule has 4 rings (SSSR count). The number of nitrogens with two attached hydrogens (primary N) is 1. The Morgan fingerprint density at radius 2 is 1.91 bits per heavy atom. The summed E-state index contributed by atoms with van der Waals surface area (Å²) in [6.07, 6.45) is 2.21. The van der Waals surface area contributed by atoms with Crippen LogP contribution in [0.4, 0.5) is 11.5 Å². The van der Waals surface area contributed by atoms with E-state index in [9.17, 15) is 13.5 Å². The molecular formula is C23H27N5O3S. The molecule has 2 aromatic carbocycles. The molecule has 4 aromatic rings. The number of imidazole rings is 1. The van der Waals surface area contributed by atoms with Crippen molar-refractivity contribution in [1.82, 2.24) is 14.5 Å². The number of nitrogens with zero attached hydrogens (tertiary/aromatic N) is 3. The first-order valence-electron chi connectivity index (χ1n) is 10.6. The van der Waals surface area contributed by atoms with Gasteiger partial charge in [0, 0.05) is 11.8 Å². The van der Waals surface area contributed by atoms with Gasteiger partial charge < -0.3 is 15.4 Å². The molecule has 2 aromatic heterocycles. The number of anilines is 2. The minimum atomic E-state index is -3.72. The summed E-state index contributed by atoms with van der Waals surface area (Å²) in [5.41, 5.74) is 8.59. The zero-order valence-electron chi connectivity index (χ0n) is 18.1. The quantitative estimate of drug-likeness (QED) is 0.374. The first-order chi connectivity index (χ1) is 15.3. The Morgan fingerprint density at radius 3 is 2.59 bits per heavy atom. The van der Waals surface area contributed by atoms with E-state index in [2.05, 4.69) is 16.6 Å². The van der Waals surface area contributed by atoms with Crippen LogP contribution in [0.2, 0.25) is 0 Å². The maximum Gasteiger partial charge on any atom is 0.261 e. The highest BCUT2D eigenvalue weighted by Gasteiger charge is 2.19. The van der Waals surface area contributed by atoms with Crippen LogP contribution >= 0.6 is 0 Å². The van der Waals surface area contributed by atoms with E-state index in [0.717, 1.165) is 36.0 Å². The van der Waals surface area contributed by atoms with Crippen LogP contribution in [-0.4, -0.2) is 34.2 Å². The van der Waals surface area contributed by atoms with Crippen molar-refractivity contribution in [3.63, 3.8) is 0 Å². The Kier molecular flexibility index (Phi) is 6.03. The summed E-state index contributed by atoms with van der Waals surface area (Å²) in [5.74, 6) is 1.13. The Morgan fingerprint density at radius 1 is 1.16 bits per heavy atom. The Hall–Kier alpha value is -3.17. The molecule has 0 bridgehead atoms. The summed E-state index contributed by atoms with van der Waals surface area (Å²) in [7, 11) is -3.72. The van der Waals surface area contributed by atoms with Gasteiger partial charge in [-0.05, 0) is 43.7 Å². The summed E-state index contributed by atoms with van der Waals surface area (Å²) in [4.78, 5) is 9.39. The van der Waals surface area contributed by atoms with Crippen molar-refractivity contribution in [1.29, 1.82) is 0 Å². The van der Waals surface area contributed by atoms with Gasteiger partial charge >= 0.3 is 0 Å². The summed E-state index contributed by atoms with van der Waals surface area (Å²) >= 11 is 0. The molecule has 0 aliphatic carbocycles. The molecule has 8 nitrogen and oxygen atoms in total. The lowest BCUT2D eigenvalue weighted by Crippen LogP contribution is -2.15. The number of hydrogen-bond acceptors (Lipinski definition) is 6. The second kappa shape index (κ2) is 8.76. The van der Waals surface area contributed by atoms with Gasteiger partial charge in [0.05, 0.1) is 34.3 Å². The highest BCUT2D eigenvalue weighted by Crippen LogP contribution is 2.31. The first kappa shape index (κ1) is 22.0. The van der Waals surface area contributed by atoms with Gasteiger partial charge in [-0.3, -0.25) is 4.72 Å². The lowest BCUT2D eigenvalue weighted by Gasteiger charge is -2.13. The molecule has 1 unspecified atom stereocenters. The van der Waals surface area contributed by atoms with Crippen molar-refractivity contribution in [2.24, 2.45) is 0 Å². The zero-order chi connectivity index (χ0) is 22.9.